The molecule has 0 saturated carbocycles. The summed E-state index contributed by atoms with van der Waals surface area (Å²) in [4.78, 5) is 11.5. The van der Waals surface area contributed by atoms with Gasteiger partial charge in [-0.1, -0.05) is 20.8 Å². The van der Waals surface area contributed by atoms with Gasteiger partial charge in [0.2, 0.25) is 0 Å². The van der Waals surface area contributed by atoms with Crippen LogP contribution in [0, 0.1) is 0 Å². The maximum atomic E-state index is 5.93. The minimum absolute atomic E-state index is 0.00614. The molecule has 2 rings (SSSR count). The lowest BCUT2D eigenvalue weighted by Gasteiger charge is -2.31. The van der Waals surface area contributed by atoms with E-state index in [9.17, 15) is 0 Å². The topological polar surface area (TPSA) is 55.0 Å². The Morgan fingerprint density at radius 2 is 2.11 bits per heavy atom. The fourth-order valence-corrected chi connectivity index (χ4v) is 3.19. The molecule has 1 unspecified atom stereocenters. The molecule has 0 radical (unpaired) electrons. The predicted molar refractivity (Wildman–Crippen MR) is 77.8 cm³/mol. The molecule has 1 atom stereocenters. The Morgan fingerprint density at radius 1 is 1.39 bits per heavy atom. The molecule has 0 aliphatic carbocycles. The lowest BCUT2D eigenvalue weighted by molar-refractivity contribution is 0.263. The molecule has 18 heavy (non-hydrogen) atoms. The highest BCUT2D eigenvalue weighted by atomic mass is 32.2. The SMILES string of the molecule is CN1CCSCC1c1nc(N)cc(C(C)(C)C)n1. The second-order valence-electron chi connectivity index (χ2n) is 5.86. The number of anilines is 1. The van der Waals surface area contributed by atoms with E-state index in [0.717, 1.165) is 23.8 Å². The van der Waals surface area contributed by atoms with Crippen LogP contribution in [0.1, 0.15) is 38.3 Å². The van der Waals surface area contributed by atoms with E-state index in [4.69, 9.17) is 10.7 Å². The van der Waals surface area contributed by atoms with Gasteiger partial charge in [0.05, 0.1) is 11.7 Å². The Morgan fingerprint density at radius 3 is 2.72 bits per heavy atom. The van der Waals surface area contributed by atoms with E-state index < -0.39 is 0 Å². The number of nitrogens with zero attached hydrogens (tertiary/aromatic N) is 3. The molecule has 1 aromatic rings. The highest BCUT2D eigenvalue weighted by molar-refractivity contribution is 7.99. The van der Waals surface area contributed by atoms with E-state index in [1.807, 2.05) is 17.8 Å². The van der Waals surface area contributed by atoms with Gasteiger partial charge in [-0.25, -0.2) is 9.97 Å². The monoisotopic (exact) mass is 266 g/mol. The van der Waals surface area contributed by atoms with Crippen molar-refractivity contribution in [3.05, 3.63) is 17.6 Å². The number of nitrogens with two attached hydrogens (primary N) is 1. The van der Waals surface area contributed by atoms with Crippen molar-refractivity contribution in [1.29, 1.82) is 0 Å². The molecule has 0 amide bonds. The van der Waals surface area contributed by atoms with Crippen molar-refractivity contribution >= 4 is 17.6 Å². The Hall–Kier alpha value is -0.810. The standard InChI is InChI=1S/C13H22N4S/c1-13(2,3)10-7-11(14)16-12(15-10)9-8-18-6-5-17(9)4/h7,9H,5-6,8H2,1-4H3,(H2,14,15,16). The third kappa shape index (κ3) is 2.95. The molecule has 0 aromatic carbocycles. The third-order valence-corrected chi connectivity index (χ3v) is 4.25. The van der Waals surface area contributed by atoms with Crippen LogP contribution in [0.4, 0.5) is 5.82 Å². The first-order valence-electron chi connectivity index (χ1n) is 6.31. The van der Waals surface area contributed by atoms with Crippen molar-refractivity contribution in [2.75, 3.05) is 30.8 Å². The number of rotatable bonds is 1. The van der Waals surface area contributed by atoms with Crippen molar-refractivity contribution in [3.63, 3.8) is 0 Å². The molecular weight excluding hydrogens is 244 g/mol. The summed E-state index contributed by atoms with van der Waals surface area (Å²) in [5.41, 5.74) is 6.96. The maximum absolute atomic E-state index is 5.93. The highest BCUT2D eigenvalue weighted by Crippen LogP contribution is 2.28. The van der Waals surface area contributed by atoms with Gasteiger partial charge in [-0.3, -0.25) is 4.90 Å². The van der Waals surface area contributed by atoms with Crippen LogP contribution in [-0.2, 0) is 5.41 Å². The van der Waals surface area contributed by atoms with Crippen molar-refractivity contribution in [1.82, 2.24) is 14.9 Å². The van der Waals surface area contributed by atoms with Crippen LogP contribution < -0.4 is 5.73 Å². The lowest BCUT2D eigenvalue weighted by Crippen LogP contribution is -2.34. The van der Waals surface area contributed by atoms with Gasteiger partial charge >= 0.3 is 0 Å². The van der Waals surface area contributed by atoms with E-state index in [2.05, 4.69) is 37.7 Å². The molecule has 5 heteroatoms. The second kappa shape index (κ2) is 5.05. The minimum Gasteiger partial charge on any atom is -0.384 e. The van der Waals surface area contributed by atoms with Crippen LogP contribution in [0.15, 0.2) is 6.07 Å². The Labute approximate surface area is 113 Å². The van der Waals surface area contributed by atoms with Crippen LogP contribution in [0.2, 0.25) is 0 Å². The molecule has 0 bridgehead atoms. The molecule has 1 saturated heterocycles. The number of nitrogen functional groups attached to an aromatic ring is 1. The zero-order valence-corrected chi connectivity index (χ0v) is 12.4. The van der Waals surface area contributed by atoms with E-state index in [-0.39, 0.29) is 11.5 Å². The first-order chi connectivity index (χ1) is 8.38. The van der Waals surface area contributed by atoms with Crippen molar-refractivity contribution in [3.8, 4) is 0 Å². The molecule has 1 aliphatic heterocycles. The summed E-state index contributed by atoms with van der Waals surface area (Å²) in [6.45, 7) is 7.53. The zero-order chi connectivity index (χ0) is 13.3. The molecule has 0 spiro atoms. The Bertz CT molecular complexity index is 427. The summed E-state index contributed by atoms with van der Waals surface area (Å²) in [6, 6.07) is 2.17. The van der Waals surface area contributed by atoms with Gasteiger partial charge in [0.1, 0.15) is 11.6 Å². The van der Waals surface area contributed by atoms with E-state index >= 15 is 0 Å². The summed E-state index contributed by atoms with van der Waals surface area (Å²) in [5, 5.41) is 0. The minimum atomic E-state index is 0.00614. The molecule has 2 heterocycles. The van der Waals surface area contributed by atoms with Crippen LogP contribution in [0.3, 0.4) is 0 Å². The summed E-state index contributed by atoms with van der Waals surface area (Å²) >= 11 is 1.96. The van der Waals surface area contributed by atoms with E-state index in [1.54, 1.807) is 0 Å². The van der Waals surface area contributed by atoms with Crippen LogP contribution in [-0.4, -0.2) is 40.0 Å². The molecule has 100 valence electrons. The fraction of sp³-hybridized carbons (Fsp3) is 0.692. The van der Waals surface area contributed by atoms with Crippen LogP contribution in [0.25, 0.3) is 0 Å². The first kappa shape index (κ1) is 13.6. The summed E-state index contributed by atoms with van der Waals surface area (Å²) in [6.07, 6.45) is 0. The van der Waals surface area contributed by atoms with Crippen LogP contribution >= 0.6 is 11.8 Å². The van der Waals surface area contributed by atoms with E-state index in [1.165, 1.54) is 5.75 Å². The smallest absolute Gasteiger partial charge is 0.148 e. The van der Waals surface area contributed by atoms with Gasteiger partial charge in [-0.2, -0.15) is 11.8 Å². The van der Waals surface area contributed by atoms with Crippen molar-refractivity contribution < 1.29 is 0 Å². The number of hydrogen-bond acceptors (Lipinski definition) is 5. The van der Waals surface area contributed by atoms with Gasteiger partial charge in [0.25, 0.3) is 0 Å². The molecule has 1 aromatic heterocycles. The molecular formula is C13H22N4S. The van der Waals surface area contributed by atoms with Crippen molar-refractivity contribution in [2.24, 2.45) is 0 Å². The molecule has 1 fully saturated rings. The quantitative estimate of drug-likeness (QED) is 0.843. The lowest BCUT2D eigenvalue weighted by atomic mass is 9.92. The first-order valence-corrected chi connectivity index (χ1v) is 7.46. The van der Waals surface area contributed by atoms with E-state index in [0.29, 0.717) is 5.82 Å². The number of aromatic nitrogens is 2. The largest absolute Gasteiger partial charge is 0.384 e. The maximum Gasteiger partial charge on any atom is 0.148 e. The molecule has 4 nitrogen and oxygen atoms in total. The molecule has 2 N–H and O–H groups in total. The van der Waals surface area contributed by atoms with Gasteiger partial charge in [-0.05, 0) is 7.05 Å². The van der Waals surface area contributed by atoms with Crippen molar-refractivity contribution in [2.45, 2.75) is 32.2 Å². The average Bonchev–Trinajstić information content (AvgIpc) is 2.27. The highest BCUT2D eigenvalue weighted by Gasteiger charge is 2.26. The normalized spacial score (nSPS) is 22.1. The predicted octanol–water partition coefficient (Wildman–Crippen LogP) is 2.08. The average molecular weight is 266 g/mol. The molecule has 1 aliphatic rings. The fourth-order valence-electron chi connectivity index (χ4n) is 1.98. The van der Waals surface area contributed by atoms with Gasteiger partial charge < -0.3 is 5.73 Å². The summed E-state index contributed by atoms with van der Waals surface area (Å²) in [7, 11) is 2.13. The third-order valence-electron chi connectivity index (χ3n) is 3.23. The summed E-state index contributed by atoms with van der Waals surface area (Å²) < 4.78 is 0. The Balaban J connectivity index is 2.35. The number of thioether (sulfide) groups is 1. The van der Waals surface area contributed by atoms with Gasteiger partial charge in [0.15, 0.2) is 0 Å². The number of hydrogen-bond donors (Lipinski definition) is 1. The summed E-state index contributed by atoms with van der Waals surface area (Å²) in [5.74, 6) is 3.67. The van der Waals surface area contributed by atoms with Gasteiger partial charge in [0, 0.05) is 29.5 Å². The van der Waals surface area contributed by atoms with Crippen LogP contribution in [0.5, 0.6) is 0 Å². The second-order valence-corrected chi connectivity index (χ2v) is 7.01. The zero-order valence-electron chi connectivity index (χ0n) is 11.6. The van der Waals surface area contributed by atoms with Gasteiger partial charge in [-0.15, -0.1) is 0 Å². The Kier molecular flexibility index (Phi) is 3.82.